The predicted molar refractivity (Wildman–Crippen MR) is 94.8 cm³/mol. The molecule has 0 saturated carbocycles. The van der Waals surface area contributed by atoms with Gasteiger partial charge in [0.05, 0.1) is 19.0 Å². The number of hydrogen-bond acceptors (Lipinski definition) is 4. The van der Waals surface area contributed by atoms with E-state index in [1.165, 1.54) is 5.56 Å². The van der Waals surface area contributed by atoms with Gasteiger partial charge in [0.1, 0.15) is 17.2 Å². The van der Waals surface area contributed by atoms with Crippen molar-refractivity contribution in [3.63, 3.8) is 0 Å². The maximum Gasteiger partial charge on any atom is 0.146 e. The van der Waals surface area contributed by atoms with Crippen LogP contribution in [0.1, 0.15) is 42.4 Å². The number of aromatic amines is 1. The van der Waals surface area contributed by atoms with Crippen LogP contribution in [0.25, 0.3) is 6.08 Å². The Morgan fingerprint density at radius 2 is 2.17 bits per heavy atom. The zero-order chi connectivity index (χ0) is 17.1. The van der Waals surface area contributed by atoms with E-state index in [0.29, 0.717) is 0 Å². The molecule has 0 spiro atoms. The first kappa shape index (κ1) is 16.2. The Morgan fingerprint density at radius 3 is 2.83 bits per heavy atom. The van der Waals surface area contributed by atoms with E-state index < -0.39 is 0 Å². The molecule has 0 bridgehead atoms. The smallest absolute Gasteiger partial charge is 0.146 e. The maximum atomic E-state index is 5.48. The van der Waals surface area contributed by atoms with Crippen LogP contribution in [0.2, 0.25) is 0 Å². The first-order chi connectivity index (χ1) is 11.6. The van der Waals surface area contributed by atoms with Crippen molar-refractivity contribution in [2.24, 2.45) is 4.99 Å². The second-order valence-corrected chi connectivity index (χ2v) is 6.01. The maximum absolute atomic E-state index is 5.48. The number of allylic oxidation sites excluding steroid dienone is 1. The van der Waals surface area contributed by atoms with E-state index in [1.807, 2.05) is 30.0 Å². The predicted octanol–water partition coefficient (Wildman–Crippen LogP) is 3.40. The molecule has 3 rings (SSSR count). The molecule has 0 radical (unpaired) electrons. The molecule has 6 nitrogen and oxygen atoms in total. The number of H-pyrrole nitrogens is 1. The van der Waals surface area contributed by atoms with Crippen LogP contribution in [-0.2, 0) is 11.3 Å². The van der Waals surface area contributed by atoms with Crippen LogP contribution < -0.4 is 0 Å². The van der Waals surface area contributed by atoms with Crippen molar-refractivity contribution < 1.29 is 4.74 Å². The van der Waals surface area contributed by atoms with Crippen molar-refractivity contribution in [2.75, 3.05) is 7.11 Å². The lowest BCUT2D eigenvalue weighted by Gasteiger charge is -2.01. The minimum atomic E-state index is 0.736. The minimum Gasteiger partial charge on any atom is -0.494 e. The van der Waals surface area contributed by atoms with E-state index in [9.17, 15) is 0 Å². The number of ether oxygens (including phenoxy) is 1. The van der Waals surface area contributed by atoms with Gasteiger partial charge in [-0.25, -0.2) is 4.99 Å². The topological polar surface area (TPSA) is 68.1 Å². The second kappa shape index (κ2) is 6.86. The molecule has 0 aliphatic carbocycles. The highest BCUT2D eigenvalue weighted by molar-refractivity contribution is 6.10. The van der Waals surface area contributed by atoms with Crippen LogP contribution in [0.4, 0.5) is 0 Å². The molecule has 6 heteroatoms. The van der Waals surface area contributed by atoms with Crippen LogP contribution in [0.15, 0.2) is 34.8 Å². The summed E-state index contributed by atoms with van der Waals surface area (Å²) in [4.78, 5) is 8.01. The standard InChI is InChI=1S/C18H23N5O/c1-5-6-7-23-11-17(21-22-23)15-10-18(24-4)16(20-15)9-14-12(2)8-13(3)19-14/h8-11,19H,5-7H2,1-4H3/b16-9-. The third-order valence-corrected chi connectivity index (χ3v) is 3.99. The number of nitrogens with one attached hydrogen (secondary N) is 1. The molecule has 0 fully saturated rings. The molecule has 3 heterocycles. The fourth-order valence-corrected chi connectivity index (χ4v) is 2.69. The molecule has 0 atom stereocenters. The zero-order valence-electron chi connectivity index (χ0n) is 14.6. The van der Waals surface area contributed by atoms with E-state index in [2.05, 4.69) is 40.2 Å². The first-order valence-electron chi connectivity index (χ1n) is 8.24. The van der Waals surface area contributed by atoms with Gasteiger partial charge in [-0.05, 0) is 38.0 Å². The van der Waals surface area contributed by atoms with Crippen molar-refractivity contribution in [1.29, 1.82) is 0 Å². The minimum absolute atomic E-state index is 0.736. The molecule has 2 aromatic heterocycles. The summed E-state index contributed by atoms with van der Waals surface area (Å²) in [5.41, 5.74) is 5.70. The Labute approximate surface area is 141 Å². The number of rotatable bonds is 6. The Hall–Kier alpha value is -2.63. The highest BCUT2D eigenvalue weighted by atomic mass is 16.5. The summed E-state index contributed by atoms with van der Waals surface area (Å²) >= 11 is 0. The number of methoxy groups -OCH3 is 1. The molecule has 1 aliphatic rings. The summed E-state index contributed by atoms with van der Waals surface area (Å²) in [6, 6.07) is 2.11. The van der Waals surface area contributed by atoms with Gasteiger partial charge in [-0.2, -0.15) is 0 Å². The van der Waals surface area contributed by atoms with Gasteiger partial charge in [0.2, 0.25) is 0 Å². The van der Waals surface area contributed by atoms with Crippen LogP contribution in [0.5, 0.6) is 0 Å². The summed E-state index contributed by atoms with van der Waals surface area (Å²) in [5, 5.41) is 8.40. The number of aryl methyl sites for hydroxylation is 3. The van der Waals surface area contributed by atoms with Crippen molar-refractivity contribution in [2.45, 2.75) is 40.2 Å². The molecule has 126 valence electrons. The lowest BCUT2D eigenvalue weighted by Crippen LogP contribution is -1.98. The van der Waals surface area contributed by atoms with E-state index in [0.717, 1.165) is 53.6 Å². The summed E-state index contributed by atoms with van der Waals surface area (Å²) in [7, 11) is 1.66. The Bertz CT molecular complexity index is 822. The van der Waals surface area contributed by atoms with Gasteiger partial charge in [-0.15, -0.1) is 5.10 Å². The van der Waals surface area contributed by atoms with Gasteiger partial charge >= 0.3 is 0 Å². The zero-order valence-corrected chi connectivity index (χ0v) is 14.6. The van der Waals surface area contributed by atoms with Crippen molar-refractivity contribution in [1.82, 2.24) is 20.0 Å². The van der Waals surface area contributed by atoms with Gasteiger partial charge in [0.15, 0.2) is 0 Å². The van der Waals surface area contributed by atoms with Crippen molar-refractivity contribution in [3.05, 3.63) is 52.4 Å². The average Bonchev–Trinajstić information content (AvgIpc) is 3.25. The number of unbranched alkanes of at least 4 members (excludes halogenated alkanes) is 1. The summed E-state index contributed by atoms with van der Waals surface area (Å²) < 4.78 is 7.34. The lowest BCUT2D eigenvalue weighted by molar-refractivity contribution is 0.303. The first-order valence-corrected chi connectivity index (χ1v) is 8.24. The van der Waals surface area contributed by atoms with E-state index in [-0.39, 0.29) is 0 Å². The largest absolute Gasteiger partial charge is 0.494 e. The molecular formula is C18H23N5O. The molecule has 0 aromatic carbocycles. The van der Waals surface area contributed by atoms with Crippen LogP contribution in [-0.4, -0.2) is 32.8 Å². The van der Waals surface area contributed by atoms with Gasteiger partial charge in [0, 0.05) is 24.0 Å². The average molecular weight is 325 g/mol. The van der Waals surface area contributed by atoms with E-state index in [4.69, 9.17) is 4.74 Å². The summed E-state index contributed by atoms with van der Waals surface area (Å²) in [6.07, 6.45) is 8.07. The third kappa shape index (κ3) is 3.32. The Kier molecular flexibility index (Phi) is 4.64. The van der Waals surface area contributed by atoms with Gasteiger partial charge in [-0.1, -0.05) is 18.6 Å². The lowest BCUT2D eigenvalue weighted by atomic mass is 10.2. The number of aliphatic imine (C=N–C) groups is 1. The van der Waals surface area contributed by atoms with E-state index in [1.54, 1.807) is 7.11 Å². The molecule has 0 saturated heterocycles. The molecule has 1 aliphatic heterocycles. The Balaban J connectivity index is 1.88. The molecule has 0 unspecified atom stereocenters. The monoisotopic (exact) mass is 325 g/mol. The van der Waals surface area contributed by atoms with E-state index >= 15 is 0 Å². The normalized spacial score (nSPS) is 15.8. The molecule has 1 N–H and O–H groups in total. The number of aromatic nitrogens is 4. The molecular weight excluding hydrogens is 302 g/mol. The SMILES string of the molecule is CCCCn1cc(C2=N/C(=C\c3[nH]c(C)cc3C)C(OC)=C2)nn1. The van der Waals surface area contributed by atoms with Gasteiger partial charge in [-0.3, -0.25) is 4.68 Å². The summed E-state index contributed by atoms with van der Waals surface area (Å²) in [6.45, 7) is 7.15. The fourth-order valence-electron chi connectivity index (χ4n) is 2.69. The highest BCUT2D eigenvalue weighted by Crippen LogP contribution is 2.25. The van der Waals surface area contributed by atoms with Crippen LogP contribution in [0.3, 0.4) is 0 Å². The molecule has 0 amide bonds. The van der Waals surface area contributed by atoms with Gasteiger partial charge < -0.3 is 9.72 Å². The Morgan fingerprint density at radius 1 is 1.33 bits per heavy atom. The van der Waals surface area contributed by atoms with Crippen molar-refractivity contribution in [3.8, 4) is 0 Å². The quantitative estimate of drug-likeness (QED) is 0.885. The molecule has 2 aromatic rings. The summed E-state index contributed by atoms with van der Waals surface area (Å²) in [5.74, 6) is 0.736. The fraction of sp³-hybridized carbons (Fsp3) is 0.389. The third-order valence-electron chi connectivity index (χ3n) is 3.99. The van der Waals surface area contributed by atoms with Crippen LogP contribution >= 0.6 is 0 Å². The molecule has 24 heavy (non-hydrogen) atoms. The van der Waals surface area contributed by atoms with Crippen LogP contribution in [0, 0.1) is 13.8 Å². The second-order valence-electron chi connectivity index (χ2n) is 6.01. The highest BCUT2D eigenvalue weighted by Gasteiger charge is 2.19. The van der Waals surface area contributed by atoms with Gasteiger partial charge in [0.25, 0.3) is 0 Å². The number of nitrogens with zero attached hydrogens (tertiary/aromatic N) is 4. The number of hydrogen-bond donors (Lipinski definition) is 1. The van der Waals surface area contributed by atoms with Crippen molar-refractivity contribution >= 4 is 11.8 Å².